The molecule has 1 heterocycles. The number of thioether (sulfide) groups is 1. The number of fused-ring (bicyclic) bond motifs is 1. The van der Waals surface area contributed by atoms with Crippen molar-refractivity contribution in [2.24, 2.45) is 0 Å². The molecule has 2 aliphatic rings. The predicted molar refractivity (Wildman–Crippen MR) is 71.2 cm³/mol. The topological polar surface area (TPSA) is 20.3 Å². The Labute approximate surface area is 106 Å². The van der Waals surface area contributed by atoms with Gasteiger partial charge in [0.05, 0.1) is 5.69 Å². The Morgan fingerprint density at radius 2 is 1.94 bits per heavy atom. The first-order valence-electron chi connectivity index (χ1n) is 6.04. The van der Waals surface area contributed by atoms with Crippen LogP contribution in [0.4, 0.5) is 5.69 Å². The van der Waals surface area contributed by atoms with Crippen molar-refractivity contribution in [3.05, 3.63) is 35.5 Å². The van der Waals surface area contributed by atoms with E-state index in [1.165, 1.54) is 23.9 Å². The maximum absolute atomic E-state index is 12.2. The normalized spacial score (nSPS) is 19.8. The van der Waals surface area contributed by atoms with Crippen molar-refractivity contribution < 1.29 is 4.79 Å². The van der Waals surface area contributed by atoms with Crippen LogP contribution in [0.1, 0.15) is 25.7 Å². The molecule has 0 saturated carbocycles. The van der Waals surface area contributed by atoms with Gasteiger partial charge in [-0.3, -0.25) is 4.79 Å². The van der Waals surface area contributed by atoms with Gasteiger partial charge in [0.1, 0.15) is 0 Å². The van der Waals surface area contributed by atoms with E-state index in [-0.39, 0.29) is 5.12 Å². The average molecular weight is 245 g/mol. The van der Waals surface area contributed by atoms with Gasteiger partial charge in [0, 0.05) is 23.2 Å². The number of hydrogen-bond acceptors (Lipinski definition) is 3. The molecule has 0 bridgehead atoms. The highest BCUT2D eigenvalue weighted by atomic mass is 32.2. The van der Waals surface area contributed by atoms with E-state index in [9.17, 15) is 4.79 Å². The van der Waals surface area contributed by atoms with Crippen molar-refractivity contribution in [3.8, 4) is 0 Å². The molecule has 0 unspecified atom stereocenters. The Bertz CT molecular complexity index is 507. The first-order chi connectivity index (χ1) is 8.27. The zero-order valence-corrected chi connectivity index (χ0v) is 10.7. The van der Waals surface area contributed by atoms with E-state index >= 15 is 0 Å². The van der Waals surface area contributed by atoms with Gasteiger partial charge in [-0.15, -0.1) is 0 Å². The number of nitrogens with zero attached hydrogens (tertiary/aromatic N) is 1. The molecular formula is C14H15NOS. The summed E-state index contributed by atoms with van der Waals surface area (Å²) in [7, 11) is 2.08. The number of carbonyl (C=O) groups is 1. The number of allylic oxidation sites excluding steroid dienone is 1. The van der Waals surface area contributed by atoms with Gasteiger partial charge in [-0.25, -0.2) is 0 Å². The van der Waals surface area contributed by atoms with Crippen LogP contribution >= 0.6 is 11.8 Å². The first-order valence-corrected chi connectivity index (χ1v) is 6.86. The van der Waals surface area contributed by atoms with Gasteiger partial charge in [0.15, 0.2) is 0 Å². The second kappa shape index (κ2) is 4.22. The molecule has 1 aliphatic heterocycles. The van der Waals surface area contributed by atoms with Crippen LogP contribution in [-0.4, -0.2) is 12.2 Å². The third-order valence-electron chi connectivity index (χ3n) is 3.52. The Kier molecular flexibility index (Phi) is 2.71. The monoisotopic (exact) mass is 245 g/mol. The zero-order valence-electron chi connectivity index (χ0n) is 9.90. The van der Waals surface area contributed by atoms with Crippen LogP contribution in [0.15, 0.2) is 40.4 Å². The molecule has 0 N–H and O–H groups in total. The summed E-state index contributed by atoms with van der Waals surface area (Å²) >= 11 is 1.38. The number of rotatable bonds is 0. The van der Waals surface area contributed by atoms with E-state index in [1.807, 2.05) is 18.2 Å². The molecule has 1 aromatic carbocycles. The van der Waals surface area contributed by atoms with Crippen molar-refractivity contribution in [2.45, 2.75) is 30.6 Å². The fourth-order valence-electron chi connectivity index (χ4n) is 2.61. The van der Waals surface area contributed by atoms with Gasteiger partial charge >= 0.3 is 0 Å². The number of para-hydroxylation sites is 1. The van der Waals surface area contributed by atoms with Crippen molar-refractivity contribution in [3.63, 3.8) is 0 Å². The lowest BCUT2D eigenvalue weighted by Gasteiger charge is -2.27. The molecule has 1 aromatic rings. The maximum Gasteiger partial charge on any atom is 0.221 e. The Morgan fingerprint density at radius 1 is 1.18 bits per heavy atom. The maximum atomic E-state index is 12.2. The van der Waals surface area contributed by atoms with Crippen LogP contribution in [0, 0.1) is 0 Å². The molecule has 0 atom stereocenters. The van der Waals surface area contributed by atoms with Crippen molar-refractivity contribution in [2.75, 3.05) is 11.9 Å². The smallest absolute Gasteiger partial charge is 0.221 e. The van der Waals surface area contributed by atoms with E-state index in [0.717, 1.165) is 35.4 Å². The fraction of sp³-hybridized carbons (Fsp3) is 0.357. The Morgan fingerprint density at radius 3 is 2.82 bits per heavy atom. The lowest BCUT2D eigenvalue weighted by atomic mass is 9.96. The van der Waals surface area contributed by atoms with Crippen molar-refractivity contribution in [1.29, 1.82) is 0 Å². The minimum absolute atomic E-state index is 0.247. The average Bonchev–Trinajstić information content (AvgIpc) is 2.48. The molecule has 0 amide bonds. The van der Waals surface area contributed by atoms with Gasteiger partial charge in [-0.2, -0.15) is 0 Å². The molecule has 0 spiro atoms. The van der Waals surface area contributed by atoms with Gasteiger partial charge in [0.25, 0.3) is 0 Å². The number of hydrogen-bond donors (Lipinski definition) is 0. The standard InChI is InChI=1S/C14H15NOS/c1-15-11-7-3-2-6-10(11)14(16)17-13-9-5-4-8-12(13)15/h4-5,8-9H,2-3,6-7H2,1H3. The zero-order chi connectivity index (χ0) is 11.8. The summed E-state index contributed by atoms with van der Waals surface area (Å²) in [6, 6.07) is 8.17. The number of carbonyl (C=O) groups excluding carboxylic acids is 1. The summed E-state index contributed by atoms with van der Waals surface area (Å²) in [4.78, 5) is 15.5. The third kappa shape index (κ3) is 1.78. The van der Waals surface area contributed by atoms with Crippen molar-refractivity contribution in [1.82, 2.24) is 0 Å². The van der Waals surface area contributed by atoms with Crippen LogP contribution in [0.5, 0.6) is 0 Å². The highest BCUT2D eigenvalue weighted by Crippen LogP contribution is 2.41. The third-order valence-corrected chi connectivity index (χ3v) is 4.52. The van der Waals surface area contributed by atoms with Crippen LogP contribution in [-0.2, 0) is 4.79 Å². The molecule has 2 nitrogen and oxygen atoms in total. The van der Waals surface area contributed by atoms with E-state index in [0.29, 0.717) is 0 Å². The molecule has 3 rings (SSSR count). The molecule has 0 radical (unpaired) electrons. The van der Waals surface area contributed by atoms with E-state index in [2.05, 4.69) is 18.0 Å². The molecule has 0 aromatic heterocycles. The fourth-order valence-corrected chi connectivity index (χ4v) is 3.61. The van der Waals surface area contributed by atoms with Gasteiger partial charge in [0.2, 0.25) is 5.12 Å². The van der Waals surface area contributed by atoms with E-state index < -0.39 is 0 Å². The molecule has 1 aliphatic carbocycles. The van der Waals surface area contributed by atoms with Crippen molar-refractivity contribution >= 4 is 22.6 Å². The lowest BCUT2D eigenvalue weighted by Crippen LogP contribution is -2.21. The predicted octanol–water partition coefficient (Wildman–Crippen LogP) is 3.58. The van der Waals surface area contributed by atoms with Crippen LogP contribution in [0.3, 0.4) is 0 Å². The Balaban J connectivity index is 2.14. The second-order valence-corrected chi connectivity index (χ2v) is 5.56. The van der Waals surface area contributed by atoms with Gasteiger partial charge in [-0.1, -0.05) is 12.1 Å². The van der Waals surface area contributed by atoms with Crippen LogP contribution < -0.4 is 4.90 Å². The summed E-state index contributed by atoms with van der Waals surface area (Å²) < 4.78 is 0. The molecule has 3 heteroatoms. The SMILES string of the molecule is CN1C2=C(CCCC2)C(=O)Sc2ccccc21. The minimum atomic E-state index is 0.247. The largest absolute Gasteiger partial charge is 0.347 e. The summed E-state index contributed by atoms with van der Waals surface area (Å²) in [5, 5.41) is 0.247. The van der Waals surface area contributed by atoms with E-state index in [4.69, 9.17) is 0 Å². The molecule has 0 saturated heterocycles. The Hall–Kier alpha value is -1.22. The molecule has 0 fully saturated rings. The quantitative estimate of drug-likeness (QED) is 0.696. The number of benzene rings is 1. The second-order valence-electron chi connectivity index (χ2n) is 4.55. The first kappa shape index (κ1) is 10.9. The summed E-state index contributed by atoms with van der Waals surface area (Å²) in [6.07, 6.45) is 4.32. The highest BCUT2D eigenvalue weighted by Gasteiger charge is 2.27. The number of anilines is 1. The molecular weight excluding hydrogens is 230 g/mol. The lowest BCUT2D eigenvalue weighted by molar-refractivity contribution is -0.108. The van der Waals surface area contributed by atoms with Crippen LogP contribution in [0.2, 0.25) is 0 Å². The van der Waals surface area contributed by atoms with E-state index in [1.54, 1.807) is 0 Å². The summed E-state index contributed by atoms with van der Waals surface area (Å²) in [5.41, 5.74) is 3.44. The molecule has 17 heavy (non-hydrogen) atoms. The molecule has 88 valence electrons. The van der Waals surface area contributed by atoms with Crippen LogP contribution in [0.25, 0.3) is 0 Å². The summed E-state index contributed by atoms with van der Waals surface area (Å²) in [5.74, 6) is 0. The minimum Gasteiger partial charge on any atom is -0.347 e. The van der Waals surface area contributed by atoms with Gasteiger partial charge in [-0.05, 0) is 49.6 Å². The highest BCUT2D eigenvalue weighted by molar-refractivity contribution is 8.14. The summed E-state index contributed by atoms with van der Waals surface area (Å²) in [6.45, 7) is 0. The van der Waals surface area contributed by atoms with Gasteiger partial charge < -0.3 is 4.90 Å².